The minimum atomic E-state index is -0.0819. The molecule has 6 nitrogen and oxygen atoms in total. The van der Waals surface area contributed by atoms with Gasteiger partial charge in [0.15, 0.2) is 0 Å². The van der Waals surface area contributed by atoms with Crippen molar-refractivity contribution in [3.8, 4) is 0 Å². The second kappa shape index (κ2) is 6.34. The fourth-order valence-corrected chi connectivity index (χ4v) is 2.88. The van der Waals surface area contributed by atoms with Crippen LogP contribution in [-0.4, -0.2) is 63.2 Å². The van der Waals surface area contributed by atoms with Gasteiger partial charge in [-0.3, -0.25) is 9.59 Å². The molecule has 2 atom stereocenters. The molecule has 2 aliphatic rings. The van der Waals surface area contributed by atoms with Crippen LogP contribution in [0.4, 0.5) is 0 Å². The van der Waals surface area contributed by atoms with Crippen molar-refractivity contribution in [3.63, 3.8) is 0 Å². The smallest absolute Gasteiger partial charge is 0.229 e. The summed E-state index contributed by atoms with van der Waals surface area (Å²) in [5.74, 6) is 0.215. The molecular weight excluding hydrogens is 246 g/mol. The van der Waals surface area contributed by atoms with E-state index in [1.807, 2.05) is 11.9 Å². The van der Waals surface area contributed by atoms with Crippen LogP contribution in [0.25, 0.3) is 0 Å². The summed E-state index contributed by atoms with van der Waals surface area (Å²) in [6.45, 7) is 2.44. The minimum absolute atomic E-state index is 0.0500. The van der Waals surface area contributed by atoms with E-state index in [0.717, 1.165) is 12.8 Å². The Balaban J connectivity index is 1.87. The number of likely N-dealkylation sites (N-methyl/N-ethyl adjacent to an activating group) is 1. The number of piperidine rings is 1. The average Bonchev–Trinajstić information content (AvgIpc) is 2.94. The molecule has 19 heavy (non-hydrogen) atoms. The van der Waals surface area contributed by atoms with Crippen molar-refractivity contribution in [1.29, 1.82) is 0 Å². The van der Waals surface area contributed by atoms with Crippen molar-refractivity contribution >= 4 is 11.8 Å². The number of ether oxygens (including phenoxy) is 1. The van der Waals surface area contributed by atoms with Crippen LogP contribution < -0.4 is 10.6 Å². The minimum Gasteiger partial charge on any atom is -0.379 e. The summed E-state index contributed by atoms with van der Waals surface area (Å²) < 4.78 is 5.38. The van der Waals surface area contributed by atoms with Gasteiger partial charge < -0.3 is 20.3 Å². The summed E-state index contributed by atoms with van der Waals surface area (Å²) in [6.07, 6.45) is 1.51. The molecule has 2 amide bonds. The summed E-state index contributed by atoms with van der Waals surface area (Å²) in [7, 11) is 3.52. The molecule has 2 aliphatic heterocycles. The lowest BCUT2D eigenvalue weighted by atomic mass is 9.94. The van der Waals surface area contributed by atoms with Gasteiger partial charge in [-0.15, -0.1) is 0 Å². The molecule has 2 saturated heterocycles. The summed E-state index contributed by atoms with van der Waals surface area (Å²) in [5.41, 5.74) is 0. The van der Waals surface area contributed by atoms with Crippen molar-refractivity contribution in [2.75, 3.05) is 40.4 Å². The number of carbonyl (C=O) groups is 2. The molecule has 6 heteroatoms. The maximum Gasteiger partial charge on any atom is 0.229 e. The number of carbonyl (C=O) groups excluding carboxylic acids is 2. The van der Waals surface area contributed by atoms with Crippen LogP contribution in [0.3, 0.4) is 0 Å². The van der Waals surface area contributed by atoms with E-state index in [9.17, 15) is 9.59 Å². The molecule has 2 fully saturated rings. The van der Waals surface area contributed by atoms with Gasteiger partial charge in [-0.2, -0.15) is 0 Å². The highest BCUT2D eigenvalue weighted by atomic mass is 16.5. The number of hydrogen-bond acceptors (Lipinski definition) is 4. The zero-order valence-corrected chi connectivity index (χ0v) is 11.6. The van der Waals surface area contributed by atoms with Crippen LogP contribution in [0.2, 0.25) is 0 Å². The van der Waals surface area contributed by atoms with Gasteiger partial charge in [0, 0.05) is 32.1 Å². The lowest BCUT2D eigenvalue weighted by molar-refractivity contribution is -0.139. The van der Waals surface area contributed by atoms with E-state index in [2.05, 4.69) is 10.6 Å². The van der Waals surface area contributed by atoms with Crippen LogP contribution in [-0.2, 0) is 14.3 Å². The Morgan fingerprint density at radius 2 is 1.84 bits per heavy atom. The predicted molar refractivity (Wildman–Crippen MR) is 70.5 cm³/mol. The fraction of sp³-hybridized carbons (Fsp3) is 0.846. The maximum absolute atomic E-state index is 12.4. The standard InChI is InChI=1S/C13H23N3O3/c1-14-11-8-19-7-10(11)13(18)16-5-3-9(4-6-16)12(17)15-2/h9-11,14H,3-8H2,1-2H3,(H,15,17). The molecule has 0 aromatic carbocycles. The van der Waals surface area contributed by atoms with E-state index in [1.165, 1.54) is 0 Å². The van der Waals surface area contributed by atoms with Crippen molar-refractivity contribution in [1.82, 2.24) is 15.5 Å². The molecule has 2 N–H and O–H groups in total. The molecule has 2 unspecified atom stereocenters. The molecule has 0 spiro atoms. The third-order valence-electron chi connectivity index (χ3n) is 4.19. The van der Waals surface area contributed by atoms with Gasteiger partial charge in [-0.05, 0) is 19.9 Å². The van der Waals surface area contributed by atoms with Crippen molar-refractivity contribution in [3.05, 3.63) is 0 Å². The van der Waals surface area contributed by atoms with Crippen molar-refractivity contribution in [2.45, 2.75) is 18.9 Å². The fourth-order valence-electron chi connectivity index (χ4n) is 2.88. The van der Waals surface area contributed by atoms with Gasteiger partial charge in [0.1, 0.15) is 0 Å². The number of amides is 2. The Kier molecular flexibility index (Phi) is 4.76. The number of likely N-dealkylation sites (tertiary alicyclic amines) is 1. The van der Waals surface area contributed by atoms with E-state index in [0.29, 0.717) is 26.3 Å². The van der Waals surface area contributed by atoms with E-state index in [1.54, 1.807) is 7.05 Å². The lowest BCUT2D eigenvalue weighted by Crippen LogP contribution is -2.48. The number of rotatable bonds is 3. The molecule has 0 aromatic heterocycles. The summed E-state index contributed by atoms with van der Waals surface area (Å²) in [6, 6.07) is 0.115. The summed E-state index contributed by atoms with van der Waals surface area (Å²) >= 11 is 0. The Labute approximate surface area is 113 Å². The number of hydrogen-bond donors (Lipinski definition) is 2. The highest BCUT2D eigenvalue weighted by Gasteiger charge is 2.37. The number of nitrogens with one attached hydrogen (secondary N) is 2. The molecule has 0 bridgehead atoms. The molecule has 0 saturated carbocycles. The first-order valence-corrected chi connectivity index (χ1v) is 6.92. The quantitative estimate of drug-likeness (QED) is 0.704. The Hall–Kier alpha value is -1.14. The van der Waals surface area contributed by atoms with E-state index in [-0.39, 0.29) is 29.7 Å². The molecular formula is C13H23N3O3. The zero-order valence-electron chi connectivity index (χ0n) is 11.6. The first kappa shape index (κ1) is 14.3. The van der Waals surface area contributed by atoms with Crippen LogP contribution in [0, 0.1) is 11.8 Å². The largest absolute Gasteiger partial charge is 0.379 e. The van der Waals surface area contributed by atoms with Gasteiger partial charge in [-0.25, -0.2) is 0 Å². The topological polar surface area (TPSA) is 70.7 Å². The van der Waals surface area contributed by atoms with E-state index in [4.69, 9.17) is 4.74 Å². The van der Waals surface area contributed by atoms with Gasteiger partial charge in [0.25, 0.3) is 0 Å². The second-order valence-corrected chi connectivity index (χ2v) is 5.25. The molecule has 2 heterocycles. The Bertz CT molecular complexity index is 340. The Morgan fingerprint density at radius 1 is 1.16 bits per heavy atom. The molecule has 0 radical (unpaired) electrons. The SMILES string of the molecule is CNC(=O)C1CCN(C(=O)C2COCC2NC)CC1. The summed E-state index contributed by atoms with van der Waals surface area (Å²) in [4.78, 5) is 25.9. The van der Waals surface area contributed by atoms with Crippen LogP contribution in [0.15, 0.2) is 0 Å². The normalized spacial score (nSPS) is 28.4. The van der Waals surface area contributed by atoms with Gasteiger partial charge in [-0.1, -0.05) is 0 Å². The molecule has 0 aromatic rings. The van der Waals surface area contributed by atoms with Crippen molar-refractivity contribution < 1.29 is 14.3 Å². The maximum atomic E-state index is 12.4. The molecule has 108 valence electrons. The third-order valence-corrected chi connectivity index (χ3v) is 4.19. The lowest BCUT2D eigenvalue weighted by Gasteiger charge is -2.33. The van der Waals surface area contributed by atoms with Gasteiger partial charge in [0.05, 0.1) is 19.1 Å². The van der Waals surface area contributed by atoms with Crippen LogP contribution >= 0.6 is 0 Å². The molecule has 0 aliphatic carbocycles. The van der Waals surface area contributed by atoms with Gasteiger partial charge >= 0.3 is 0 Å². The third kappa shape index (κ3) is 3.06. The summed E-state index contributed by atoms with van der Waals surface area (Å²) in [5, 5.41) is 5.81. The van der Waals surface area contributed by atoms with Crippen molar-refractivity contribution in [2.24, 2.45) is 11.8 Å². The monoisotopic (exact) mass is 269 g/mol. The van der Waals surface area contributed by atoms with Crippen LogP contribution in [0.5, 0.6) is 0 Å². The average molecular weight is 269 g/mol. The second-order valence-electron chi connectivity index (χ2n) is 5.25. The first-order chi connectivity index (χ1) is 9.17. The van der Waals surface area contributed by atoms with E-state index >= 15 is 0 Å². The Morgan fingerprint density at radius 3 is 2.42 bits per heavy atom. The van der Waals surface area contributed by atoms with Gasteiger partial charge in [0.2, 0.25) is 11.8 Å². The van der Waals surface area contributed by atoms with Crippen LogP contribution in [0.1, 0.15) is 12.8 Å². The highest BCUT2D eigenvalue weighted by Crippen LogP contribution is 2.22. The highest BCUT2D eigenvalue weighted by molar-refractivity contribution is 5.81. The zero-order chi connectivity index (χ0) is 13.8. The first-order valence-electron chi connectivity index (χ1n) is 6.92. The predicted octanol–water partition coefficient (Wildman–Crippen LogP) is -0.795. The van der Waals surface area contributed by atoms with E-state index < -0.39 is 0 Å². The molecule has 2 rings (SSSR count). The number of nitrogens with zero attached hydrogens (tertiary/aromatic N) is 1.